The number of halogens is 2. The smallest absolute Gasteiger partial charge is 0.165 e. The summed E-state index contributed by atoms with van der Waals surface area (Å²) in [6, 6.07) is 6.78. The van der Waals surface area contributed by atoms with E-state index in [9.17, 15) is 4.39 Å². The van der Waals surface area contributed by atoms with Gasteiger partial charge < -0.3 is 4.74 Å². The van der Waals surface area contributed by atoms with Gasteiger partial charge in [-0.05, 0) is 85.8 Å². The summed E-state index contributed by atoms with van der Waals surface area (Å²) >= 11 is 0. The van der Waals surface area contributed by atoms with Crippen molar-refractivity contribution in [1.29, 1.82) is 0 Å². The minimum Gasteiger partial charge on any atom is -0.486 e. The van der Waals surface area contributed by atoms with Crippen LogP contribution < -0.4 is 4.74 Å². The Kier molecular flexibility index (Phi) is 6.75. The van der Waals surface area contributed by atoms with Gasteiger partial charge in [-0.3, -0.25) is 0 Å². The zero-order valence-corrected chi connectivity index (χ0v) is 18.3. The zero-order chi connectivity index (χ0) is 21.1. The van der Waals surface area contributed by atoms with Crippen molar-refractivity contribution < 1.29 is 13.5 Å². The van der Waals surface area contributed by atoms with Gasteiger partial charge >= 0.3 is 0 Å². The van der Waals surface area contributed by atoms with E-state index in [0.29, 0.717) is 17.4 Å². The lowest BCUT2D eigenvalue weighted by molar-refractivity contribution is 0.113. The van der Waals surface area contributed by atoms with Crippen LogP contribution in [0, 0.1) is 29.4 Å². The van der Waals surface area contributed by atoms with E-state index in [4.69, 9.17) is 4.74 Å². The third-order valence-electron chi connectivity index (χ3n) is 7.47. The van der Waals surface area contributed by atoms with Crippen LogP contribution in [-0.4, -0.2) is 6.61 Å². The summed E-state index contributed by atoms with van der Waals surface area (Å²) in [5.41, 5.74) is 0.776. The number of rotatable bonds is 6. The summed E-state index contributed by atoms with van der Waals surface area (Å²) in [5, 5.41) is 1.07. The van der Waals surface area contributed by atoms with Crippen molar-refractivity contribution in [3.8, 4) is 5.75 Å². The van der Waals surface area contributed by atoms with E-state index in [1.807, 2.05) is 31.2 Å². The van der Waals surface area contributed by atoms with Gasteiger partial charge in [-0.1, -0.05) is 50.5 Å². The van der Waals surface area contributed by atoms with E-state index in [1.165, 1.54) is 44.6 Å². The van der Waals surface area contributed by atoms with E-state index >= 15 is 4.39 Å². The van der Waals surface area contributed by atoms with Crippen LogP contribution in [0.1, 0.15) is 76.7 Å². The molecule has 0 aromatic heterocycles. The Morgan fingerprint density at radius 1 is 1.03 bits per heavy atom. The molecule has 1 nitrogen and oxygen atoms in total. The average Bonchev–Trinajstić information content (AvgIpc) is 2.75. The van der Waals surface area contributed by atoms with Crippen molar-refractivity contribution in [1.82, 2.24) is 0 Å². The fourth-order valence-corrected chi connectivity index (χ4v) is 5.90. The maximum Gasteiger partial charge on any atom is 0.165 e. The van der Waals surface area contributed by atoms with E-state index in [0.717, 1.165) is 36.2 Å². The molecule has 4 rings (SSSR count). The zero-order valence-electron chi connectivity index (χ0n) is 18.3. The molecule has 2 saturated carbocycles. The highest BCUT2D eigenvalue weighted by Gasteiger charge is 2.36. The van der Waals surface area contributed by atoms with Gasteiger partial charge in [-0.2, -0.15) is 0 Å². The van der Waals surface area contributed by atoms with Crippen LogP contribution in [0.3, 0.4) is 0 Å². The highest BCUT2D eigenvalue weighted by molar-refractivity contribution is 5.85. The Morgan fingerprint density at radius 3 is 2.63 bits per heavy atom. The second kappa shape index (κ2) is 9.49. The second-order valence-electron chi connectivity index (χ2n) is 9.35. The van der Waals surface area contributed by atoms with Crippen LogP contribution >= 0.6 is 0 Å². The standard InChI is InChI=1S/C27H34F2O/c1-3-5-13-30-26-16-22-11-12-23(27(29)24(22)17-25(26)28)21-10-9-19-14-18(6-4-2)7-8-20(19)15-21/h3,5,11-12,16-21H,4,6-10,13-15H2,1-2H3/b5-3+. The lowest BCUT2D eigenvalue weighted by Gasteiger charge is -2.42. The van der Waals surface area contributed by atoms with Gasteiger partial charge in [-0.25, -0.2) is 8.78 Å². The SMILES string of the molecule is C/C=C/COc1cc2ccc(C3CCC4CC(CCC)CCC4C3)c(F)c2cc1F. The third kappa shape index (κ3) is 4.40. The molecule has 2 aromatic rings. The number of hydrogen-bond donors (Lipinski definition) is 0. The van der Waals surface area contributed by atoms with Crippen molar-refractivity contribution in [3.63, 3.8) is 0 Å². The summed E-state index contributed by atoms with van der Waals surface area (Å²) in [4.78, 5) is 0. The number of fused-ring (bicyclic) bond motifs is 2. The van der Waals surface area contributed by atoms with Gasteiger partial charge in [0.05, 0.1) is 0 Å². The first-order chi connectivity index (χ1) is 14.6. The summed E-state index contributed by atoms with van der Waals surface area (Å²) in [7, 11) is 0. The molecule has 0 bridgehead atoms. The maximum atomic E-state index is 15.4. The molecular formula is C27H34F2O. The minimum atomic E-state index is -0.499. The maximum absolute atomic E-state index is 15.4. The van der Waals surface area contributed by atoms with Crippen molar-refractivity contribution >= 4 is 10.8 Å². The molecule has 4 atom stereocenters. The van der Waals surface area contributed by atoms with Gasteiger partial charge in [0.2, 0.25) is 0 Å². The Labute approximate surface area is 179 Å². The quantitative estimate of drug-likeness (QED) is 0.435. The molecule has 3 heteroatoms. The number of ether oxygens (including phenoxy) is 1. The molecule has 2 aliphatic rings. The molecule has 0 amide bonds. The second-order valence-corrected chi connectivity index (χ2v) is 9.35. The van der Waals surface area contributed by atoms with Crippen molar-refractivity contribution in [2.45, 2.75) is 71.1 Å². The molecule has 162 valence electrons. The summed E-state index contributed by atoms with van der Waals surface area (Å²) in [6.45, 7) is 4.48. The van der Waals surface area contributed by atoms with E-state index in [-0.39, 0.29) is 17.5 Å². The van der Waals surface area contributed by atoms with E-state index in [1.54, 1.807) is 6.07 Å². The largest absolute Gasteiger partial charge is 0.486 e. The average molecular weight is 413 g/mol. The first-order valence-corrected chi connectivity index (χ1v) is 11.8. The monoisotopic (exact) mass is 412 g/mol. The third-order valence-corrected chi connectivity index (χ3v) is 7.47. The Bertz CT molecular complexity index is 903. The van der Waals surface area contributed by atoms with Gasteiger partial charge in [0.15, 0.2) is 11.6 Å². The van der Waals surface area contributed by atoms with Crippen LogP contribution in [-0.2, 0) is 0 Å². The molecule has 0 spiro atoms. The summed E-state index contributed by atoms with van der Waals surface area (Å²) in [5.74, 6) is 2.15. The highest BCUT2D eigenvalue weighted by atomic mass is 19.1. The number of allylic oxidation sites excluding steroid dienone is 1. The lowest BCUT2D eigenvalue weighted by atomic mass is 9.63. The van der Waals surface area contributed by atoms with E-state index < -0.39 is 5.82 Å². The fraction of sp³-hybridized carbons (Fsp3) is 0.556. The first kappa shape index (κ1) is 21.3. The van der Waals surface area contributed by atoms with Crippen LogP contribution in [0.2, 0.25) is 0 Å². The molecule has 4 unspecified atom stereocenters. The molecule has 0 radical (unpaired) electrons. The molecule has 0 N–H and O–H groups in total. The topological polar surface area (TPSA) is 9.23 Å². The minimum absolute atomic E-state index is 0.178. The van der Waals surface area contributed by atoms with Gasteiger partial charge in [-0.15, -0.1) is 0 Å². The molecule has 30 heavy (non-hydrogen) atoms. The van der Waals surface area contributed by atoms with Gasteiger partial charge in [0.25, 0.3) is 0 Å². The fourth-order valence-electron chi connectivity index (χ4n) is 5.90. The highest BCUT2D eigenvalue weighted by Crippen LogP contribution is 2.49. The van der Waals surface area contributed by atoms with Crippen LogP contribution in [0.4, 0.5) is 8.78 Å². The predicted octanol–water partition coefficient (Wildman–Crippen LogP) is 8.17. The molecule has 0 heterocycles. The molecule has 2 aliphatic carbocycles. The normalized spacial score (nSPS) is 26.8. The van der Waals surface area contributed by atoms with Crippen LogP contribution in [0.15, 0.2) is 36.4 Å². The summed E-state index contributed by atoms with van der Waals surface area (Å²) < 4.78 is 35.4. The van der Waals surface area contributed by atoms with Crippen molar-refractivity contribution in [2.24, 2.45) is 17.8 Å². The lowest BCUT2D eigenvalue weighted by Crippen LogP contribution is -2.30. The van der Waals surface area contributed by atoms with Crippen LogP contribution in [0.5, 0.6) is 5.75 Å². The Morgan fingerprint density at radius 2 is 1.83 bits per heavy atom. The molecule has 2 fully saturated rings. The van der Waals surface area contributed by atoms with Crippen molar-refractivity contribution in [2.75, 3.05) is 6.61 Å². The van der Waals surface area contributed by atoms with Crippen molar-refractivity contribution in [3.05, 3.63) is 53.6 Å². The Balaban J connectivity index is 1.52. The summed E-state index contributed by atoms with van der Waals surface area (Å²) in [6.07, 6.45) is 13.7. The van der Waals surface area contributed by atoms with E-state index in [2.05, 4.69) is 6.92 Å². The Hall–Kier alpha value is -1.90. The molecular weight excluding hydrogens is 378 g/mol. The number of hydrogen-bond acceptors (Lipinski definition) is 1. The van der Waals surface area contributed by atoms with Crippen LogP contribution in [0.25, 0.3) is 10.8 Å². The first-order valence-electron chi connectivity index (χ1n) is 11.8. The van der Waals surface area contributed by atoms with Gasteiger partial charge in [0.1, 0.15) is 12.4 Å². The molecule has 2 aromatic carbocycles. The predicted molar refractivity (Wildman–Crippen MR) is 120 cm³/mol. The molecule has 0 saturated heterocycles. The number of benzene rings is 2. The molecule has 0 aliphatic heterocycles. The van der Waals surface area contributed by atoms with Gasteiger partial charge in [0, 0.05) is 5.39 Å².